The topological polar surface area (TPSA) is 88.8 Å². The van der Waals surface area contributed by atoms with Gasteiger partial charge < -0.3 is 14.1 Å². The molecular weight excluding hydrogens is 344 g/mol. The quantitative estimate of drug-likeness (QED) is 0.720. The number of furan rings is 1. The van der Waals surface area contributed by atoms with E-state index in [1.165, 1.54) is 24.1 Å². The molecule has 1 aromatic heterocycles. The summed E-state index contributed by atoms with van der Waals surface area (Å²) in [6.45, 7) is 2.56. The van der Waals surface area contributed by atoms with Crippen molar-refractivity contribution in [2.24, 2.45) is 0 Å². The summed E-state index contributed by atoms with van der Waals surface area (Å²) in [5, 5.41) is 0. The monoisotopic (exact) mass is 366 g/mol. The molecule has 0 unspecified atom stereocenters. The van der Waals surface area contributed by atoms with E-state index >= 15 is 0 Å². The van der Waals surface area contributed by atoms with Crippen molar-refractivity contribution in [2.75, 3.05) is 27.3 Å². The molecule has 136 valence electrons. The summed E-state index contributed by atoms with van der Waals surface area (Å²) in [6.07, 6.45) is 0. The summed E-state index contributed by atoms with van der Waals surface area (Å²) >= 11 is 0. The van der Waals surface area contributed by atoms with Crippen LogP contribution in [0.3, 0.4) is 0 Å². The zero-order valence-electron chi connectivity index (χ0n) is 14.5. The number of methoxy groups -OCH3 is 1. The van der Waals surface area contributed by atoms with E-state index in [0.717, 1.165) is 5.76 Å². The van der Waals surface area contributed by atoms with Crippen LogP contribution in [0.1, 0.15) is 21.9 Å². The average Bonchev–Trinajstić information content (AvgIpc) is 2.99. The second-order valence-corrected chi connectivity index (χ2v) is 7.36. The first kappa shape index (κ1) is 19.2. The molecule has 0 saturated heterocycles. The number of amides is 1. The Balaban J connectivity index is 2.12. The van der Waals surface area contributed by atoms with Gasteiger partial charge >= 0.3 is 0 Å². The van der Waals surface area contributed by atoms with Crippen molar-refractivity contribution in [3.8, 4) is 0 Å². The maximum absolute atomic E-state index is 12.5. The van der Waals surface area contributed by atoms with Crippen LogP contribution >= 0.6 is 0 Å². The molecule has 1 aromatic carbocycles. The van der Waals surface area contributed by atoms with E-state index in [1.807, 2.05) is 13.0 Å². The van der Waals surface area contributed by atoms with Crippen molar-refractivity contribution in [1.82, 2.24) is 9.62 Å². The minimum absolute atomic E-state index is 0.0386. The Bertz CT molecular complexity index is 829. The van der Waals surface area contributed by atoms with Gasteiger partial charge in [-0.3, -0.25) is 4.79 Å². The zero-order valence-corrected chi connectivity index (χ0v) is 15.3. The number of hydrogen-bond acceptors (Lipinski definition) is 5. The lowest BCUT2D eigenvalue weighted by molar-refractivity contribution is 0.0774. The highest BCUT2D eigenvalue weighted by Gasteiger charge is 2.18. The predicted molar refractivity (Wildman–Crippen MR) is 92.7 cm³/mol. The van der Waals surface area contributed by atoms with Gasteiger partial charge in [-0.25, -0.2) is 13.1 Å². The number of sulfonamides is 1. The van der Waals surface area contributed by atoms with Crippen LogP contribution in [0.5, 0.6) is 0 Å². The van der Waals surface area contributed by atoms with E-state index < -0.39 is 10.0 Å². The maximum Gasteiger partial charge on any atom is 0.254 e. The molecule has 0 aliphatic carbocycles. The molecule has 0 bridgehead atoms. The molecule has 0 radical (unpaired) electrons. The van der Waals surface area contributed by atoms with Crippen LogP contribution in [-0.2, 0) is 21.3 Å². The van der Waals surface area contributed by atoms with E-state index in [2.05, 4.69) is 4.72 Å². The molecule has 2 rings (SSSR count). The summed E-state index contributed by atoms with van der Waals surface area (Å²) < 4.78 is 37.2. The second kappa shape index (κ2) is 8.28. The molecule has 0 aliphatic heterocycles. The van der Waals surface area contributed by atoms with Gasteiger partial charge in [0.05, 0.1) is 18.0 Å². The fraction of sp³-hybridized carbons (Fsp3) is 0.353. The van der Waals surface area contributed by atoms with Crippen molar-refractivity contribution in [1.29, 1.82) is 0 Å². The van der Waals surface area contributed by atoms with Gasteiger partial charge in [-0.2, -0.15) is 0 Å². The average molecular weight is 366 g/mol. The van der Waals surface area contributed by atoms with E-state index in [1.54, 1.807) is 25.2 Å². The van der Waals surface area contributed by atoms with Crippen LogP contribution in [0.2, 0.25) is 0 Å². The summed E-state index contributed by atoms with van der Waals surface area (Å²) in [7, 11) is -0.562. The van der Waals surface area contributed by atoms with E-state index in [4.69, 9.17) is 9.15 Å². The molecule has 25 heavy (non-hydrogen) atoms. The van der Waals surface area contributed by atoms with Crippen molar-refractivity contribution in [3.05, 3.63) is 53.5 Å². The first-order valence-corrected chi connectivity index (χ1v) is 9.21. The van der Waals surface area contributed by atoms with Crippen LogP contribution in [0.25, 0.3) is 0 Å². The summed E-state index contributed by atoms with van der Waals surface area (Å²) in [5.74, 6) is 1.15. The number of rotatable bonds is 8. The molecular formula is C17H22N2O5S. The molecule has 1 amide bonds. The van der Waals surface area contributed by atoms with E-state index in [-0.39, 0.29) is 24.0 Å². The molecule has 1 heterocycles. The van der Waals surface area contributed by atoms with Crippen LogP contribution in [0.4, 0.5) is 0 Å². The molecule has 0 aliphatic rings. The zero-order chi connectivity index (χ0) is 18.4. The Labute approximate surface area is 147 Å². The lowest BCUT2D eigenvalue weighted by Gasteiger charge is -2.16. The fourth-order valence-corrected chi connectivity index (χ4v) is 3.31. The minimum atomic E-state index is -3.69. The van der Waals surface area contributed by atoms with Crippen LogP contribution in [0, 0.1) is 6.92 Å². The maximum atomic E-state index is 12.5. The standard InChI is InChI=1S/C17H22N2O5S/c1-13-7-8-15(24-13)12-19(2)17(20)14-5-4-6-16(11-14)25(21,22)18-9-10-23-3/h4-8,11,18H,9-10,12H2,1-3H3. The predicted octanol–water partition coefficient (Wildman–Crippen LogP) is 1.78. The highest BCUT2D eigenvalue weighted by atomic mass is 32.2. The third kappa shape index (κ3) is 5.15. The van der Waals surface area contributed by atoms with Crippen LogP contribution < -0.4 is 4.72 Å². The van der Waals surface area contributed by atoms with Crippen LogP contribution in [0.15, 0.2) is 45.7 Å². The lowest BCUT2D eigenvalue weighted by atomic mass is 10.2. The number of carbonyl (C=O) groups excluding carboxylic acids is 1. The third-order valence-corrected chi connectivity index (χ3v) is 4.98. The van der Waals surface area contributed by atoms with Crippen molar-refractivity contribution in [3.63, 3.8) is 0 Å². The number of benzene rings is 1. The number of aryl methyl sites for hydroxylation is 1. The summed E-state index contributed by atoms with van der Waals surface area (Å²) in [6, 6.07) is 9.57. The van der Waals surface area contributed by atoms with E-state index in [9.17, 15) is 13.2 Å². The van der Waals surface area contributed by atoms with Gasteiger partial charge in [-0.15, -0.1) is 0 Å². The number of carbonyl (C=O) groups is 1. The Morgan fingerprint density at radius 2 is 2.04 bits per heavy atom. The SMILES string of the molecule is COCCNS(=O)(=O)c1cccc(C(=O)N(C)Cc2ccc(C)o2)c1. The number of hydrogen-bond donors (Lipinski definition) is 1. The lowest BCUT2D eigenvalue weighted by Crippen LogP contribution is -2.28. The first-order valence-electron chi connectivity index (χ1n) is 7.73. The Hall–Kier alpha value is -2.16. The van der Waals surface area contributed by atoms with Gasteiger partial charge in [0.25, 0.3) is 5.91 Å². The summed E-state index contributed by atoms with van der Waals surface area (Å²) in [4.78, 5) is 14.1. The molecule has 0 saturated carbocycles. The minimum Gasteiger partial charge on any atom is -0.464 e. The van der Waals surface area contributed by atoms with Crippen LogP contribution in [-0.4, -0.2) is 46.5 Å². The molecule has 0 spiro atoms. The highest BCUT2D eigenvalue weighted by molar-refractivity contribution is 7.89. The number of nitrogens with zero attached hydrogens (tertiary/aromatic N) is 1. The molecule has 0 fully saturated rings. The Kier molecular flexibility index (Phi) is 6.35. The Morgan fingerprint density at radius 1 is 1.28 bits per heavy atom. The molecule has 8 heteroatoms. The first-order chi connectivity index (χ1) is 11.8. The van der Waals surface area contributed by atoms with Gasteiger partial charge in [-0.05, 0) is 37.3 Å². The van der Waals surface area contributed by atoms with Crippen molar-refractivity contribution >= 4 is 15.9 Å². The fourth-order valence-electron chi connectivity index (χ4n) is 2.25. The van der Waals surface area contributed by atoms with Crippen molar-refractivity contribution < 1.29 is 22.4 Å². The number of ether oxygens (including phenoxy) is 1. The second-order valence-electron chi connectivity index (χ2n) is 5.59. The number of nitrogens with one attached hydrogen (secondary N) is 1. The molecule has 0 atom stereocenters. The normalized spacial score (nSPS) is 11.5. The third-order valence-electron chi connectivity index (χ3n) is 3.53. The van der Waals surface area contributed by atoms with Gasteiger partial charge in [-0.1, -0.05) is 6.07 Å². The van der Waals surface area contributed by atoms with Gasteiger partial charge in [0.15, 0.2) is 0 Å². The van der Waals surface area contributed by atoms with Crippen molar-refractivity contribution in [2.45, 2.75) is 18.4 Å². The molecule has 2 aromatic rings. The van der Waals surface area contributed by atoms with E-state index in [0.29, 0.717) is 17.9 Å². The molecule has 7 nitrogen and oxygen atoms in total. The summed E-state index contributed by atoms with van der Waals surface area (Å²) in [5.41, 5.74) is 0.292. The largest absolute Gasteiger partial charge is 0.464 e. The highest BCUT2D eigenvalue weighted by Crippen LogP contribution is 2.15. The Morgan fingerprint density at radius 3 is 2.68 bits per heavy atom. The molecule has 1 N–H and O–H groups in total. The van der Waals surface area contributed by atoms with Gasteiger partial charge in [0.1, 0.15) is 11.5 Å². The van der Waals surface area contributed by atoms with Gasteiger partial charge in [0.2, 0.25) is 10.0 Å². The smallest absolute Gasteiger partial charge is 0.254 e. The van der Waals surface area contributed by atoms with Gasteiger partial charge in [0, 0.05) is 26.3 Å².